The molecule has 140 valence electrons. The number of carbonyl (C=O) groups is 1. The van der Waals surface area contributed by atoms with Gasteiger partial charge >= 0.3 is 0 Å². The van der Waals surface area contributed by atoms with Crippen LogP contribution in [0.15, 0.2) is 42.5 Å². The van der Waals surface area contributed by atoms with Crippen molar-refractivity contribution in [1.29, 1.82) is 0 Å². The van der Waals surface area contributed by atoms with Crippen LogP contribution in [0.4, 0.5) is 11.4 Å². The fourth-order valence-corrected chi connectivity index (χ4v) is 3.91. The van der Waals surface area contributed by atoms with Crippen molar-refractivity contribution in [3.63, 3.8) is 0 Å². The highest BCUT2D eigenvalue weighted by Gasteiger charge is 2.29. The number of methoxy groups -OCH3 is 1. The molecule has 0 spiro atoms. The lowest BCUT2D eigenvalue weighted by Crippen LogP contribution is -2.45. The molecule has 0 aliphatic heterocycles. The van der Waals surface area contributed by atoms with Gasteiger partial charge in [0.25, 0.3) is 0 Å². The largest absolute Gasteiger partial charge is 0.497 e. The Morgan fingerprint density at radius 2 is 1.85 bits per heavy atom. The van der Waals surface area contributed by atoms with Crippen LogP contribution in [0, 0.1) is 13.8 Å². The number of carbonyl (C=O) groups excluding carboxylic acids is 1. The van der Waals surface area contributed by atoms with Crippen LogP contribution in [-0.4, -0.2) is 33.7 Å². The monoisotopic (exact) mass is 376 g/mol. The second-order valence-corrected chi connectivity index (χ2v) is 8.10. The summed E-state index contributed by atoms with van der Waals surface area (Å²) in [6, 6.07) is 11.3. The van der Waals surface area contributed by atoms with E-state index in [1.54, 1.807) is 31.2 Å². The van der Waals surface area contributed by atoms with Crippen molar-refractivity contribution in [2.75, 3.05) is 23.0 Å². The Hall–Kier alpha value is -2.54. The first kappa shape index (κ1) is 19.8. The summed E-state index contributed by atoms with van der Waals surface area (Å²) in [7, 11) is -2.18. The lowest BCUT2D eigenvalue weighted by molar-refractivity contribution is -0.116. The SMILES string of the molecule is COc1cccc(N([C@H](C)C(=O)Nc2ccc(C)cc2C)S(C)(=O)=O)c1. The van der Waals surface area contributed by atoms with E-state index >= 15 is 0 Å². The predicted octanol–water partition coefficient (Wildman–Crippen LogP) is 3.11. The van der Waals surface area contributed by atoms with Gasteiger partial charge in [0.2, 0.25) is 15.9 Å². The van der Waals surface area contributed by atoms with Crippen LogP contribution in [0.25, 0.3) is 0 Å². The number of hydrogen-bond acceptors (Lipinski definition) is 4. The van der Waals surface area contributed by atoms with E-state index in [1.165, 1.54) is 7.11 Å². The highest BCUT2D eigenvalue weighted by atomic mass is 32.2. The lowest BCUT2D eigenvalue weighted by Gasteiger charge is -2.28. The molecule has 0 unspecified atom stereocenters. The van der Waals surface area contributed by atoms with Gasteiger partial charge in [0, 0.05) is 11.8 Å². The molecule has 2 aromatic carbocycles. The van der Waals surface area contributed by atoms with Crippen molar-refractivity contribution < 1.29 is 17.9 Å². The second kappa shape index (κ2) is 7.78. The minimum absolute atomic E-state index is 0.370. The maximum Gasteiger partial charge on any atom is 0.248 e. The van der Waals surface area contributed by atoms with Crippen LogP contribution in [-0.2, 0) is 14.8 Å². The summed E-state index contributed by atoms with van der Waals surface area (Å²) >= 11 is 0. The zero-order valence-electron chi connectivity index (χ0n) is 15.6. The van der Waals surface area contributed by atoms with Gasteiger partial charge in [-0.15, -0.1) is 0 Å². The van der Waals surface area contributed by atoms with Crippen molar-refractivity contribution in [1.82, 2.24) is 0 Å². The first-order valence-corrected chi connectivity index (χ1v) is 10.00. The van der Waals surface area contributed by atoms with Gasteiger partial charge in [-0.1, -0.05) is 23.8 Å². The fraction of sp³-hybridized carbons (Fsp3) is 0.316. The molecular weight excluding hydrogens is 352 g/mol. The summed E-state index contributed by atoms with van der Waals surface area (Å²) in [5.41, 5.74) is 3.03. The van der Waals surface area contributed by atoms with E-state index in [0.29, 0.717) is 17.1 Å². The van der Waals surface area contributed by atoms with Gasteiger partial charge in [-0.25, -0.2) is 8.42 Å². The van der Waals surface area contributed by atoms with Crippen molar-refractivity contribution in [3.05, 3.63) is 53.6 Å². The highest BCUT2D eigenvalue weighted by molar-refractivity contribution is 7.92. The second-order valence-electron chi connectivity index (χ2n) is 6.24. The molecule has 0 radical (unpaired) electrons. The summed E-state index contributed by atoms with van der Waals surface area (Å²) in [5, 5.41) is 2.81. The first-order chi connectivity index (χ1) is 12.1. The van der Waals surface area contributed by atoms with Gasteiger partial charge < -0.3 is 10.1 Å². The molecule has 0 aliphatic carbocycles. The van der Waals surface area contributed by atoms with Gasteiger partial charge in [-0.3, -0.25) is 9.10 Å². The number of sulfonamides is 1. The zero-order chi connectivity index (χ0) is 19.5. The van der Waals surface area contributed by atoms with Crippen LogP contribution in [0.1, 0.15) is 18.1 Å². The third-order valence-corrected chi connectivity index (χ3v) is 5.28. The average molecular weight is 376 g/mol. The van der Waals surface area contributed by atoms with Gasteiger partial charge in [-0.2, -0.15) is 0 Å². The van der Waals surface area contributed by atoms with Crippen LogP contribution < -0.4 is 14.4 Å². The average Bonchev–Trinajstić information content (AvgIpc) is 2.56. The Morgan fingerprint density at radius 3 is 2.42 bits per heavy atom. The third-order valence-electron chi connectivity index (χ3n) is 4.04. The minimum Gasteiger partial charge on any atom is -0.497 e. The zero-order valence-corrected chi connectivity index (χ0v) is 16.4. The van der Waals surface area contributed by atoms with Crippen molar-refractivity contribution in [3.8, 4) is 5.75 Å². The molecule has 0 aromatic heterocycles. The molecule has 2 aromatic rings. The summed E-state index contributed by atoms with van der Waals surface area (Å²) in [6.45, 7) is 5.42. The molecular formula is C19H24N2O4S. The number of ether oxygens (including phenoxy) is 1. The van der Waals surface area contributed by atoms with Gasteiger partial charge in [-0.05, 0) is 44.5 Å². The number of rotatable bonds is 6. The molecule has 1 atom stereocenters. The summed E-state index contributed by atoms with van der Waals surface area (Å²) < 4.78 is 30.9. The highest BCUT2D eigenvalue weighted by Crippen LogP contribution is 2.26. The van der Waals surface area contributed by atoms with E-state index in [2.05, 4.69) is 5.32 Å². The molecule has 1 N–H and O–H groups in total. The van der Waals surface area contributed by atoms with E-state index in [4.69, 9.17) is 4.74 Å². The van der Waals surface area contributed by atoms with E-state index < -0.39 is 22.0 Å². The van der Waals surface area contributed by atoms with Crippen LogP contribution in [0.5, 0.6) is 5.75 Å². The van der Waals surface area contributed by atoms with Crippen molar-refractivity contribution in [2.45, 2.75) is 26.8 Å². The quantitative estimate of drug-likeness (QED) is 0.840. The van der Waals surface area contributed by atoms with Crippen LogP contribution in [0.2, 0.25) is 0 Å². The van der Waals surface area contributed by atoms with E-state index in [0.717, 1.165) is 21.7 Å². The minimum atomic E-state index is -3.68. The topological polar surface area (TPSA) is 75.7 Å². The van der Waals surface area contributed by atoms with Gasteiger partial charge in [0.1, 0.15) is 11.8 Å². The molecule has 0 saturated heterocycles. The molecule has 26 heavy (non-hydrogen) atoms. The third kappa shape index (κ3) is 4.54. The number of nitrogens with one attached hydrogen (secondary N) is 1. The Kier molecular flexibility index (Phi) is 5.92. The van der Waals surface area contributed by atoms with E-state index in [-0.39, 0.29) is 0 Å². The number of amides is 1. The number of hydrogen-bond donors (Lipinski definition) is 1. The first-order valence-electron chi connectivity index (χ1n) is 8.15. The standard InChI is InChI=1S/C19H24N2O4S/c1-13-9-10-18(14(2)11-13)20-19(22)15(3)21(26(5,23)24)16-7-6-8-17(12-16)25-4/h6-12,15H,1-5H3,(H,20,22)/t15-/m1/s1. The Balaban J connectivity index is 2.34. The molecule has 7 heteroatoms. The number of nitrogens with zero attached hydrogens (tertiary/aromatic N) is 1. The van der Waals surface area contributed by atoms with Crippen LogP contribution in [0.3, 0.4) is 0 Å². The number of aryl methyl sites for hydroxylation is 2. The normalized spacial score (nSPS) is 12.3. The van der Waals surface area contributed by atoms with Crippen LogP contribution >= 0.6 is 0 Å². The molecule has 0 saturated carbocycles. The van der Waals surface area contributed by atoms with Crippen molar-refractivity contribution >= 4 is 27.3 Å². The molecule has 0 fully saturated rings. The fourth-order valence-electron chi connectivity index (χ4n) is 2.75. The molecule has 6 nitrogen and oxygen atoms in total. The predicted molar refractivity (Wildman–Crippen MR) is 104 cm³/mol. The molecule has 2 rings (SSSR count). The smallest absolute Gasteiger partial charge is 0.248 e. The molecule has 0 bridgehead atoms. The maximum atomic E-state index is 12.7. The number of benzene rings is 2. The number of anilines is 2. The Labute approximate surface area is 154 Å². The summed E-state index contributed by atoms with van der Waals surface area (Å²) in [5.74, 6) is 0.100. The molecule has 0 heterocycles. The van der Waals surface area contributed by atoms with Gasteiger partial charge in [0.15, 0.2) is 0 Å². The van der Waals surface area contributed by atoms with Crippen molar-refractivity contribution in [2.24, 2.45) is 0 Å². The Morgan fingerprint density at radius 1 is 1.15 bits per heavy atom. The van der Waals surface area contributed by atoms with Gasteiger partial charge in [0.05, 0.1) is 19.1 Å². The maximum absolute atomic E-state index is 12.7. The lowest BCUT2D eigenvalue weighted by atomic mass is 10.1. The molecule has 1 amide bonds. The van der Waals surface area contributed by atoms with E-state index in [9.17, 15) is 13.2 Å². The summed E-state index contributed by atoms with van der Waals surface area (Å²) in [4.78, 5) is 12.7. The Bertz CT molecular complexity index is 910. The van der Waals surface area contributed by atoms with E-state index in [1.807, 2.05) is 32.0 Å². The summed E-state index contributed by atoms with van der Waals surface area (Å²) in [6.07, 6.45) is 1.08. The molecule has 0 aliphatic rings.